The van der Waals surface area contributed by atoms with E-state index in [1.807, 2.05) is 0 Å². The first-order valence-corrected chi connectivity index (χ1v) is 17.4. The molecule has 0 aromatic heterocycles. The van der Waals surface area contributed by atoms with Crippen LogP contribution in [0.5, 0.6) is 11.5 Å². The van der Waals surface area contributed by atoms with Crippen molar-refractivity contribution in [3.8, 4) is 33.8 Å². The summed E-state index contributed by atoms with van der Waals surface area (Å²) in [4.78, 5) is 0. The van der Waals surface area contributed by atoms with Crippen molar-refractivity contribution in [2.24, 2.45) is 0 Å². The largest absolute Gasteiger partial charge is 0.457 e. The summed E-state index contributed by atoms with van der Waals surface area (Å²) in [6.07, 6.45) is 0. The molecule has 0 spiro atoms. The summed E-state index contributed by atoms with van der Waals surface area (Å²) in [5.74, 6) is 1.82. The van der Waals surface area contributed by atoms with Crippen LogP contribution in [0, 0.1) is 0 Å². The Bertz CT molecular complexity index is 2570. The molecule has 8 aromatic carbocycles. The first-order chi connectivity index (χ1) is 24.7. The van der Waals surface area contributed by atoms with Crippen molar-refractivity contribution in [3.05, 3.63) is 227 Å². The van der Waals surface area contributed by atoms with Crippen molar-refractivity contribution < 1.29 is 4.74 Å². The highest BCUT2D eigenvalue weighted by molar-refractivity contribution is 6.04. The minimum atomic E-state index is -0.449. The number of fused-ring (bicyclic) bond motifs is 7. The summed E-state index contributed by atoms with van der Waals surface area (Å²) in [6, 6.07) is 68.8. The molecule has 0 saturated carbocycles. The van der Waals surface area contributed by atoms with Crippen LogP contribution in [0.15, 0.2) is 188 Å². The SMILES string of the molecule is CC1(c2ccccc2)c2ccccc2Oc2ccc(-c3ccc(C4(c5ccccc5)c5ccccc5-c5c4ccc4ccccc54)cc3)cc21. The van der Waals surface area contributed by atoms with Gasteiger partial charge in [-0.1, -0.05) is 170 Å². The summed E-state index contributed by atoms with van der Waals surface area (Å²) in [7, 11) is 0. The van der Waals surface area contributed by atoms with E-state index in [2.05, 4.69) is 195 Å². The van der Waals surface area contributed by atoms with E-state index in [0.717, 1.165) is 11.5 Å². The lowest BCUT2D eigenvalue weighted by atomic mass is 9.67. The van der Waals surface area contributed by atoms with Crippen LogP contribution in [0.3, 0.4) is 0 Å². The van der Waals surface area contributed by atoms with Gasteiger partial charge in [0.15, 0.2) is 0 Å². The number of hydrogen-bond donors (Lipinski definition) is 0. The zero-order valence-corrected chi connectivity index (χ0v) is 27.8. The average Bonchev–Trinajstić information content (AvgIpc) is 3.50. The van der Waals surface area contributed by atoms with Gasteiger partial charge in [-0.25, -0.2) is 0 Å². The molecule has 1 aliphatic heterocycles. The standard InChI is InChI=1S/C49H34O/c1-48(36-15-4-2-5-16-36)42-22-12-13-23-45(42)50-46-31-27-35(32-44(46)48)33-24-28-38(29-25-33)49(37-17-6-3-7-18-37)41-21-11-10-20-40(41)47-39-19-9-8-14-34(39)26-30-43(47)49/h2-32H,1H3. The zero-order chi connectivity index (χ0) is 33.3. The Morgan fingerprint density at radius 1 is 0.400 bits per heavy atom. The average molecular weight is 639 g/mol. The van der Waals surface area contributed by atoms with E-state index < -0.39 is 5.41 Å². The van der Waals surface area contributed by atoms with Gasteiger partial charge >= 0.3 is 0 Å². The topological polar surface area (TPSA) is 9.23 Å². The van der Waals surface area contributed by atoms with Crippen molar-refractivity contribution in [1.29, 1.82) is 0 Å². The fourth-order valence-electron chi connectivity index (χ4n) is 8.94. The maximum atomic E-state index is 6.53. The number of ether oxygens (including phenoxy) is 1. The molecule has 0 saturated heterocycles. The predicted molar refractivity (Wildman–Crippen MR) is 205 cm³/mol. The quantitative estimate of drug-likeness (QED) is 0.186. The lowest BCUT2D eigenvalue weighted by Crippen LogP contribution is -2.29. The van der Waals surface area contributed by atoms with E-state index in [0.29, 0.717) is 0 Å². The third kappa shape index (κ3) is 3.95. The van der Waals surface area contributed by atoms with Crippen molar-refractivity contribution in [3.63, 3.8) is 0 Å². The number of rotatable bonds is 4. The van der Waals surface area contributed by atoms with E-state index >= 15 is 0 Å². The van der Waals surface area contributed by atoms with Crippen LogP contribution in [0.2, 0.25) is 0 Å². The summed E-state index contributed by atoms with van der Waals surface area (Å²) >= 11 is 0. The van der Waals surface area contributed by atoms with E-state index in [9.17, 15) is 0 Å². The number of hydrogen-bond acceptors (Lipinski definition) is 1. The molecule has 0 N–H and O–H groups in total. The smallest absolute Gasteiger partial charge is 0.131 e. The molecule has 1 aliphatic carbocycles. The molecule has 1 heterocycles. The van der Waals surface area contributed by atoms with Crippen LogP contribution in [-0.2, 0) is 10.8 Å². The first kappa shape index (κ1) is 28.8. The van der Waals surface area contributed by atoms with Gasteiger partial charge in [-0.05, 0) is 86.0 Å². The molecule has 10 rings (SSSR count). The summed E-state index contributed by atoms with van der Waals surface area (Å²) in [5.41, 5.74) is 13.0. The molecule has 2 unspecified atom stereocenters. The van der Waals surface area contributed by atoms with Gasteiger partial charge in [-0.3, -0.25) is 0 Å². The lowest BCUT2D eigenvalue weighted by molar-refractivity contribution is 0.427. The van der Waals surface area contributed by atoms with Gasteiger partial charge < -0.3 is 4.74 Å². The maximum Gasteiger partial charge on any atom is 0.131 e. The van der Waals surface area contributed by atoms with Gasteiger partial charge in [-0.15, -0.1) is 0 Å². The molecule has 1 heteroatoms. The Labute approximate surface area is 293 Å². The molecule has 2 aliphatic rings. The molecular weight excluding hydrogens is 605 g/mol. The second kappa shape index (κ2) is 10.9. The van der Waals surface area contributed by atoms with Crippen LogP contribution >= 0.6 is 0 Å². The molecule has 0 amide bonds. The minimum Gasteiger partial charge on any atom is -0.457 e. The van der Waals surface area contributed by atoms with Gasteiger partial charge in [0, 0.05) is 16.5 Å². The van der Waals surface area contributed by atoms with E-state index in [-0.39, 0.29) is 5.41 Å². The van der Waals surface area contributed by atoms with Crippen molar-refractivity contribution >= 4 is 10.8 Å². The maximum absolute atomic E-state index is 6.53. The van der Waals surface area contributed by atoms with Crippen LogP contribution in [-0.4, -0.2) is 0 Å². The van der Waals surface area contributed by atoms with Gasteiger partial charge in [0.05, 0.1) is 5.41 Å². The molecule has 0 radical (unpaired) electrons. The zero-order valence-electron chi connectivity index (χ0n) is 27.8. The van der Waals surface area contributed by atoms with E-state index in [1.54, 1.807) is 0 Å². The highest BCUT2D eigenvalue weighted by Gasteiger charge is 2.46. The van der Waals surface area contributed by atoms with E-state index in [1.165, 1.54) is 72.0 Å². The second-order valence-corrected chi connectivity index (χ2v) is 13.7. The number of para-hydroxylation sites is 1. The fourth-order valence-corrected chi connectivity index (χ4v) is 8.94. The van der Waals surface area contributed by atoms with Crippen LogP contribution < -0.4 is 4.74 Å². The Kier molecular flexibility index (Phi) is 6.29. The molecule has 0 fully saturated rings. The fraction of sp³-hybridized carbons (Fsp3) is 0.0612. The Morgan fingerprint density at radius 2 is 1.00 bits per heavy atom. The van der Waals surface area contributed by atoms with Gasteiger partial charge in [-0.2, -0.15) is 0 Å². The summed E-state index contributed by atoms with van der Waals surface area (Å²) < 4.78 is 6.53. The molecule has 1 nitrogen and oxygen atoms in total. The van der Waals surface area contributed by atoms with Crippen molar-refractivity contribution in [2.45, 2.75) is 17.8 Å². The summed E-state index contributed by atoms with van der Waals surface area (Å²) in [6.45, 7) is 2.33. The highest BCUT2D eigenvalue weighted by Crippen LogP contribution is 2.58. The van der Waals surface area contributed by atoms with Crippen molar-refractivity contribution in [1.82, 2.24) is 0 Å². The molecule has 236 valence electrons. The highest BCUT2D eigenvalue weighted by atomic mass is 16.5. The Balaban J connectivity index is 1.16. The second-order valence-electron chi connectivity index (χ2n) is 13.7. The van der Waals surface area contributed by atoms with Crippen LogP contribution in [0.4, 0.5) is 0 Å². The number of benzene rings is 8. The molecule has 0 bridgehead atoms. The monoisotopic (exact) mass is 638 g/mol. The van der Waals surface area contributed by atoms with Gasteiger partial charge in [0.25, 0.3) is 0 Å². The molecule has 2 atom stereocenters. The van der Waals surface area contributed by atoms with Gasteiger partial charge in [0.2, 0.25) is 0 Å². The Morgan fingerprint density at radius 3 is 1.80 bits per heavy atom. The summed E-state index contributed by atoms with van der Waals surface area (Å²) in [5, 5.41) is 2.56. The Hall–Kier alpha value is -6.18. The van der Waals surface area contributed by atoms with Crippen LogP contribution in [0.1, 0.15) is 45.9 Å². The molecular formula is C49H34O. The predicted octanol–water partition coefficient (Wildman–Crippen LogP) is 12.3. The van der Waals surface area contributed by atoms with Crippen LogP contribution in [0.25, 0.3) is 33.0 Å². The van der Waals surface area contributed by atoms with Crippen molar-refractivity contribution in [2.75, 3.05) is 0 Å². The van der Waals surface area contributed by atoms with E-state index in [4.69, 9.17) is 4.74 Å². The normalized spacial score (nSPS) is 18.4. The molecule has 8 aromatic rings. The molecule has 50 heavy (non-hydrogen) atoms. The van der Waals surface area contributed by atoms with Gasteiger partial charge in [0.1, 0.15) is 11.5 Å². The lowest BCUT2D eigenvalue weighted by Gasteiger charge is -2.38. The minimum absolute atomic E-state index is 0.362. The third-order valence-corrected chi connectivity index (χ3v) is 11.3. The first-order valence-electron chi connectivity index (χ1n) is 17.4. The third-order valence-electron chi connectivity index (χ3n) is 11.3.